The van der Waals surface area contributed by atoms with Gasteiger partial charge in [-0.15, -0.1) is 0 Å². The molecule has 4 N–H and O–H groups in total. The van der Waals surface area contributed by atoms with E-state index in [4.69, 9.17) is 15.1 Å². The topological polar surface area (TPSA) is 99.4 Å². The van der Waals surface area contributed by atoms with Gasteiger partial charge in [0.05, 0.1) is 24.7 Å². The van der Waals surface area contributed by atoms with Crippen molar-refractivity contribution < 1.29 is 4.74 Å². The lowest BCUT2D eigenvalue weighted by atomic mass is 10.1. The lowest BCUT2D eigenvalue weighted by Crippen LogP contribution is -2.22. The molecule has 0 aliphatic carbocycles. The summed E-state index contributed by atoms with van der Waals surface area (Å²) in [6.45, 7) is 1.99. The number of pyridine rings is 2. The largest absolute Gasteiger partial charge is 0.496 e. The van der Waals surface area contributed by atoms with E-state index in [9.17, 15) is 0 Å². The van der Waals surface area contributed by atoms with Crippen molar-refractivity contribution in [2.45, 2.75) is 12.5 Å². The first kappa shape index (κ1) is 18.9. The van der Waals surface area contributed by atoms with Gasteiger partial charge in [-0.05, 0) is 25.1 Å². The molecule has 0 bridgehead atoms. The van der Waals surface area contributed by atoms with Crippen molar-refractivity contribution in [3.63, 3.8) is 0 Å². The van der Waals surface area contributed by atoms with Crippen LogP contribution in [0.3, 0.4) is 0 Å². The fraction of sp³-hybridized carbons (Fsp3) is 0.286. The van der Waals surface area contributed by atoms with Crippen LogP contribution in [0.25, 0.3) is 22.6 Å². The van der Waals surface area contributed by atoms with Crippen LogP contribution in [0.2, 0.25) is 0 Å². The molecule has 4 heterocycles. The average molecular weight is 391 g/mol. The minimum Gasteiger partial charge on any atom is -0.496 e. The quantitative estimate of drug-likeness (QED) is 0.462. The van der Waals surface area contributed by atoms with Gasteiger partial charge >= 0.3 is 0 Å². The Labute approximate surface area is 169 Å². The first-order chi connectivity index (χ1) is 14.2. The summed E-state index contributed by atoms with van der Waals surface area (Å²) in [4.78, 5) is 9.33. The molecule has 0 aromatic carbocycles. The molecule has 1 aliphatic rings. The van der Waals surface area contributed by atoms with Crippen molar-refractivity contribution >= 4 is 23.3 Å². The maximum atomic E-state index is 7.76. The lowest BCUT2D eigenvalue weighted by Gasteiger charge is -2.13. The van der Waals surface area contributed by atoms with Gasteiger partial charge in [-0.25, -0.2) is 9.97 Å². The first-order valence-corrected chi connectivity index (χ1v) is 9.61. The molecule has 0 spiro atoms. The number of hydrogen-bond donors (Lipinski definition) is 4. The predicted octanol–water partition coefficient (Wildman–Crippen LogP) is 2.39. The molecule has 1 atom stereocenters. The van der Waals surface area contributed by atoms with E-state index < -0.39 is 0 Å². The highest BCUT2D eigenvalue weighted by molar-refractivity contribution is 6.09. The van der Waals surface area contributed by atoms with Crippen LogP contribution in [-0.2, 0) is 0 Å². The molecule has 29 heavy (non-hydrogen) atoms. The number of anilines is 1. The molecule has 3 aromatic heterocycles. The molecule has 0 radical (unpaired) electrons. The zero-order valence-corrected chi connectivity index (χ0v) is 16.6. The Kier molecular flexibility index (Phi) is 5.44. The van der Waals surface area contributed by atoms with E-state index in [0.29, 0.717) is 17.4 Å². The average Bonchev–Trinajstić information content (AvgIpc) is 3.40. The Morgan fingerprint density at radius 3 is 3.03 bits per heavy atom. The fourth-order valence-electron chi connectivity index (χ4n) is 3.58. The van der Waals surface area contributed by atoms with Crippen LogP contribution in [0.1, 0.15) is 12.0 Å². The van der Waals surface area contributed by atoms with Crippen LogP contribution < -0.4 is 20.7 Å². The van der Waals surface area contributed by atoms with Crippen molar-refractivity contribution in [1.82, 2.24) is 25.0 Å². The molecule has 1 unspecified atom stereocenters. The number of hydrogen-bond acceptors (Lipinski definition) is 7. The van der Waals surface area contributed by atoms with E-state index in [1.54, 1.807) is 20.4 Å². The molecule has 0 amide bonds. The molecular weight excluding hydrogens is 366 g/mol. The number of imidazole rings is 1. The molecule has 1 fully saturated rings. The third-order valence-electron chi connectivity index (χ3n) is 5.02. The van der Waals surface area contributed by atoms with Crippen molar-refractivity contribution in [2.75, 3.05) is 32.6 Å². The summed E-state index contributed by atoms with van der Waals surface area (Å²) in [6, 6.07) is 8.24. The molecule has 8 heteroatoms. The predicted molar refractivity (Wildman–Crippen MR) is 116 cm³/mol. The zero-order chi connectivity index (χ0) is 20.2. The van der Waals surface area contributed by atoms with Gasteiger partial charge in [0.2, 0.25) is 0 Å². The second kappa shape index (κ2) is 8.32. The standard InChI is InChI=1S/C21H25N7O/c1-23-10-14(9-22)16-13-28-18(12-25-21(28)8-19(16)29-2)17-4-3-5-20(27-17)26-15-6-7-24-11-15/h3-5,8-10,12-13,15,22-24H,6-7,11H2,1-2H3,(H,26,27)/b14-10+,22-9?. The Bertz CT molecular complexity index is 1050. The number of methoxy groups -OCH3 is 1. The Balaban J connectivity index is 1.76. The number of aromatic nitrogens is 3. The van der Waals surface area contributed by atoms with Gasteiger partial charge in [0, 0.05) is 55.4 Å². The van der Waals surface area contributed by atoms with Crippen molar-refractivity contribution in [1.29, 1.82) is 5.41 Å². The van der Waals surface area contributed by atoms with E-state index in [1.807, 2.05) is 41.1 Å². The minimum atomic E-state index is 0.401. The summed E-state index contributed by atoms with van der Waals surface area (Å²) in [6.07, 6.45) is 7.91. The van der Waals surface area contributed by atoms with Gasteiger partial charge in [-0.1, -0.05) is 6.07 Å². The van der Waals surface area contributed by atoms with Crippen LogP contribution in [0.4, 0.5) is 5.82 Å². The second-order valence-corrected chi connectivity index (χ2v) is 6.90. The summed E-state index contributed by atoms with van der Waals surface area (Å²) >= 11 is 0. The first-order valence-electron chi connectivity index (χ1n) is 9.61. The second-order valence-electron chi connectivity index (χ2n) is 6.90. The van der Waals surface area contributed by atoms with Crippen LogP contribution in [0.5, 0.6) is 5.75 Å². The van der Waals surface area contributed by atoms with Gasteiger partial charge < -0.3 is 26.1 Å². The van der Waals surface area contributed by atoms with E-state index >= 15 is 0 Å². The normalized spacial score (nSPS) is 16.8. The van der Waals surface area contributed by atoms with E-state index in [-0.39, 0.29) is 0 Å². The van der Waals surface area contributed by atoms with Crippen molar-refractivity contribution in [3.05, 3.63) is 48.4 Å². The van der Waals surface area contributed by atoms with Crippen LogP contribution in [-0.4, -0.2) is 53.9 Å². The third-order valence-corrected chi connectivity index (χ3v) is 5.02. The number of allylic oxidation sites excluding steroid dienone is 1. The van der Waals surface area contributed by atoms with Crippen LogP contribution >= 0.6 is 0 Å². The highest BCUT2D eigenvalue weighted by atomic mass is 16.5. The Morgan fingerprint density at radius 1 is 1.41 bits per heavy atom. The molecular formula is C21H25N7O. The number of ether oxygens (including phenoxy) is 1. The van der Waals surface area contributed by atoms with E-state index in [2.05, 4.69) is 20.9 Å². The number of fused-ring (bicyclic) bond motifs is 1. The molecule has 150 valence electrons. The zero-order valence-electron chi connectivity index (χ0n) is 16.6. The molecule has 0 saturated carbocycles. The summed E-state index contributed by atoms with van der Waals surface area (Å²) in [5.74, 6) is 1.52. The van der Waals surface area contributed by atoms with Crippen LogP contribution in [0, 0.1) is 5.41 Å². The highest BCUT2D eigenvalue weighted by Crippen LogP contribution is 2.29. The summed E-state index contributed by atoms with van der Waals surface area (Å²) in [7, 11) is 3.42. The minimum absolute atomic E-state index is 0.401. The van der Waals surface area contributed by atoms with Gasteiger partial charge in [-0.3, -0.25) is 4.40 Å². The number of nitrogens with zero attached hydrogens (tertiary/aromatic N) is 3. The maximum Gasteiger partial charge on any atom is 0.140 e. The van der Waals surface area contributed by atoms with Crippen LogP contribution in [0.15, 0.2) is 42.9 Å². The van der Waals surface area contributed by atoms with E-state index in [0.717, 1.165) is 47.9 Å². The molecule has 1 aliphatic heterocycles. The summed E-state index contributed by atoms with van der Waals surface area (Å²) in [5, 5.41) is 17.6. The number of nitrogens with one attached hydrogen (secondary N) is 4. The maximum absolute atomic E-state index is 7.76. The molecule has 4 rings (SSSR count). The van der Waals surface area contributed by atoms with Crippen molar-refractivity contribution in [3.8, 4) is 17.1 Å². The van der Waals surface area contributed by atoms with Gasteiger partial charge in [0.25, 0.3) is 0 Å². The molecule has 1 saturated heterocycles. The molecule has 3 aromatic rings. The molecule has 8 nitrogen and oxygen atoms in total. The SMILES string of the molecule is CN/C=C(\C=N)c1cn2c(-c3cccc(NC4CCNC4)n3)cnc2cc1OC. The third kappa shape index (κ3) is 3.79. The van der Waals surface area contributed by atoms with Gasteiger partial charge in [0.1, 0.15) is 17.2 Å². The fourth-order valence-corrected chi connectivity index (χ4v) is 3.58. The van der Waals surface area contributed by atoms with E-state index in [1.165, 1.54) is 6.21 Å². The summed E-state index contributed by atoms with van der Waals surface area (Å²) in [5.41, 5.74) is 3.98. The smallest absolute Gasteiger partial charge is 0.140 e. The van der Waals surface area contributed by atoms with Crippen molar-refractivity contribution in [2.24, 2.45) is 0 Å². The lowest BCUT2D eigenvalue weighted by molar-refractivity contribution is 0.413. The Hall–Kier alpha value is -3.39. The summed E-state index contributed by atoms with van der Waals surface area (Å²) < 4.78 is 7.51. The van der Waals surface area contributed by atoms with Gasteiger partial charge in [-0.2, -0.15) is 0 Å². The number of rotatable bonds is 7. The Morgan fingerprint density at radius 2 is 2.31 bits per heavy atom. The van der Waals surface area contributed by atoms with Gasteiger partial charge in [0.15, 0.2) is 0 Å². The highest BCUT2D eigenvalue weighted by Gasteiger charge is 2.16. The monoisotopic (exact) mass is 391 g/mol.